The van der Waals surface area contributed by atoms with Crippen molar-refractivity contribution in [1.29, 1.82) is 0 Å². The van der Waals surface area contributed by atoms with Crippen LogP contribution in [0.15, 0.2) is 54.6 Å². The van der Waals surface area contributed by atoms with Crippen LogP contribution in [0.3, 0.4) is 0 Å². The first kappa shape index (κ1) is 19.2. The highest BCUT2D eigenvalue weighted by Crippen LogP contribution is 2.32. The van der Waals surface area contributed by atoms with E-state index >= 15 is 0 Å². The molecule has 0 bridgehead atoms. The maximum absolute atomic E-state index is 13.1. The van der Waals surface area contributed by atoms with Gasteiger partial charge in [-0.05, 0) is 24.5 Å². The molecule has 0 spiro atoms. The van der Waals surface area contributed by atoms with Crippen molar-refractivity contribution in [2.45, 2.75) is 25.8 Å². The summed E-state index contributed by atoms with van der Waals surface area (Å²) in [5.74, 6) is -1.44. The van der Waals surface area contributed by atoms with Crippen LogP contribution in [-0.4, -0.2) is 33.9 Å². The summed E-state index contributed by atoms with van der Waals surface area (Å²) >= 11 is 1.09. The Balaban J connectivity index is 1.74. The molecule has 1 aliphatic heterocycles. The molecule has 0 aromatic heterocycles. The van der Waals surface area contributed by atoms with Crippen LogP contribution >= 0.6 is 11.8 Å². The number of para-hydroxylation sites is 1. The number of fused-ring (bicyclic) bond motifs is 1. The smallest absolute Gasteiger partial charge is 0.326 e. The predicted octanol–water partition coefficient (Wildman–Crippen LogP) is 3.63. The zero-order valence-electron chi connectivity index (χ0n) is 15.0. The van der Waals surface area contributed by atoms with E-state index in [-0.39, 0.29) is 11.0 Å². The number of thioether (sulfide) groups is 1. The van der Waals surface area contributed by atoms with E-state index in [1.807, 2.05) is 24.3 Å². The van der Waals surface area contributed by atoms with Crippen LogP contribution in [-0.2, 0) is 16.0 Å². The fourth-order valence-corrected chi connectivity index (χ4v) is 4.07. The summed E-state index contributed by atoms with van der Waals surface area (Å²) in [6, 6.07) is 15.4. The molecule has 2 atom stereocenters. The number of carbonyl (C=O) groups is 3. The molecule has 6 heteroatoms. The number of hydrogen-bond acceptors (Lipinski definition) is 4. The molecular formula is C21H21NO4S. The molecule has 5 nitrogen and oxygen atoms in total. The van der Waals surface area contributed by atoms with Crippen molar-refractivity contribution in [2.75, 3.05) is 10.7 Å². The summed E-state index contributed by atoms with van der Waals surface area (Å²) in [6.45, 7) is 1.74. The van der Waals surface area contributed by atoms with Gasteiger partial charge in [0.15, 0.2) is 0 Å². The van der Waals surface area contributed by atoms with E-state index in [1.54, 1.807) is 37.3 Å². The SMILES string of the molecule is C[C@H](CSC(=O)c1ccccc1)C(=O)N1c2ccccc2CC[C@@H]1C(=O)O. The molecular weight excluding hydrogens is 362 g/mol. The molecule has 0 radical (unpaired) electrons. The average Bonchev–Trinajstić information content (AvgIpc) is 2.70. The Morgan fingerprint density at radius 2 is 1.78 bits per heavy atom. The fourth-order valence-electron chi connectivity index (χ4n) is 3.22. The number of aryl methyl sites for hydroxylation is 1. The predicted molar refractivity (Wildman–Crippen MR) is 106 cm³/mol. The summed E-state index contributed by atoms with van der Waals surface area (Å²) in [4.78, 5) is 38.4. The Hall–Kier alpha value is -2.60. The van der Waals surface area contributed by atoms with Crippen LogP contribution in [0.25, 0.3) is 0 Å². The third-order valence-electron chi connectivity index (χ3n) is 4.67. The molecule has 2 aromatic rings. The van der Waals surface area contributed by atoms with E-state index in [2.05, 4.69) is 0 Å². The highest BCUT2D eigenvalue weighted by molar-refractivity contribution is 8.14. The van der Waals surface area contributed by atoms with Gasteiger partial charge >= 0.3 is 5.97 Å². The van der Waals surface area contributed by atoms with Crippen LogP contribution in [0.4, 0.5) is 5.69 Å². The van der Waals surface area contributed by atoms with Gasteiger partial charge in [0.2, 0.25) is 11.0 Å². The molecule has 27 heavy (non-hydrogen) atoms. The van der Waals surface area contributed by atoms with Crippen molar-refractivity contribution in [1.82, 2.24) is 0 Å². The topological polar surface area (TPSA) is 74.7 Å². The number of benzene rings is 2. The monoisotopic (exact) mass is 383 g/mol. The Bertz CT molecular complexity index is 852. The van der Waals surface area contributed by atoms with Crippen molar-refractivity contribution < 1.29 is 19.5 Å². The molecule has 0 fully saturated rings. The quantitative estimate of drug-likeness (QED) is 0.853. The molecule has 1 aliphatic rings. The largest absolute Gasteiger partial charge is 0.480 e. The number of anilines is 1. The fraction of sp³-hybridized carbons (Fsp3) is 0.286. The zero-order valence-corrected chi connectivity index (χ0v) is 15.8. The molecule has 1 heterocycles. The van der Waals surface area contributed by atoms with E-state index in [4.69, 9.17) is 0 Å². The molecule has 0 saturated heterocycles. The van der Waals surface area contributed by atoms with Crippen LogP contribution in [0.5, 0.6) is 0 Å². The minimum Gasteiger partial charge on any atom is -0.480 e. The van der Waals surface area contributed by atoms with Gasteiger partial charge in [-0.2, -0.15) is 0 Å². The molecule has 0 saturated carbocycles. The van der Waals surface area contributed by atoms with Crippen molar-refractivity contribution in [3.05, 3.63) is 65.7 Å². The highest BCUT2D eigenvalue weighted by Gasteiger charge is 2.37. The molecule has 2 aromatic carbocycles. The van der Waals surface area contributed by atoms with Crippen LogP contribution < -0.4 is 4.90 Å². The van der Waals surface area contributed by atoms with E-state index in [9.17, 15) is 19.5 Å². The summed E-state index contributed by atoms with van der Waals surface area (Å²) in [6.07, 6.45) is 1.02. The van der Waals surface area contributed by atoms with E-state index in [0.717, 1.165) is 17.3 Å². The van der Waals surface area contributed by atoms with E-state index in [0.29, 0.717) is 29.8 Å². The Labute approximate surface area is 162 Å². The van der Waals surface area contributed by atoms with Crippen LogP contribution in [0.1, 0.15) is 29.3 Å². The summed E-state index contributed by atoms with van der Waals surface area (Å²) in [5, 5.41) is 9.49. The van der Waals surface area contributed by atoms with Gasteiger partial charge in [0.25, 0.3) is 0 Å². The second-order valence-corrected chi connectivity index (χ2v) is 7.59. The number of hydrogen-bond donors (Lipinski definition) is 1. The van der Waals surface area contributed by atoms with Crippen LogP contribution in [0, 0.1) is 5.92 Å². The van der Waals surface area contributed by atoms with Gasteiger partial charge in [-0.25, -0.2) is 4.79 Å². The zero-order chi connectivity index (χ0) is 19.4. The molecule has 0 unspecified atom stereocenters. The Morgan fingerprint density at radius 3 is 2.48 bits per heavy atom. The number of carboxylic acid groups (broad SMARTS) is 1. The van der Waals surface area contributed by atoms with Gasteiger partial charge in [0, 0.05) is 22.9 Å². The number of carbonyl (C=O) groups excluding carboxylic acids is 2. The normalized spacial score (nSPS) is 17.1. The maximum atomic E-state index is 13.1. The standard InChI is InChI=1S/C21H21NO4S/c1-14(13-27-21(26)16-8-3-2-4-9-16)19(23)22-17-10-6-5-7-15(17)11-12-18(22)20(24)25/h2-10,14,18H,11-13H2,1H3,(H,24,25)/t14-,18-/m1/s1. The van der Waals surface area contributed by atoms with Crippen molar-refractivity contribution in [2.24, 2.45) is 5.92 Å². The van der Waals surface area contributed by atoms with Crippen molar-refractivity contribution in [3.8, 4) is 0 Å². The molecule has 140 valence electrons. The first-order valence-electron chi connectivity index (χ1n) is 8.85. The second kappa shape index (κ2) is 8.39. The minimum atomic E-state index is -1.00. The van der Waals surface area contributed by atoms with Gasteiger partial charge in [0.1, 0.15) is 6.04 Å². The summed E-state index contributed by atoms with van der Waals surface area (Å²) < 4.78 is 0. The molecule has 0 aliphatic carbocycles. The van der Waals surface area contributed by atoms with E-state index < -0.39 is 17.9 Å². The first-order chi connectivity index (χ1) is 13.0. The number of nitrogens with zero attached hydrogens (tertiary/aromatic N) is 1. The van der Waals surface area contributed by atoms with E-state index in [1.165, 1.54) is 4.90 Å². The van der Waals surface area contributed by atoms with Gasteiger partial charge in [-0.3, -0.25) is 14.5 Å². The second-order valence-electron chi connectivity index (χ2n) is 6.60. The molecule has 3 rings (SSSR count). The van der Waals surface area contributed by atoms with Crippen molar-refractivity contribution >= 4 is 34.4 Å². The molecule has 1 N–H and O–H groups in total. The summed E-state index contributed by atoms with van der Waals surface area (Å²) in [7, 11) is 0. The number of rotatable bonds is 5. The number of amides is 1. The van der Waals surface area contributed by atoms with Gasteiger partial charge in [-0.15, -0.1) is 0 Å². The first-order valence-corrected chi connectivity index (χ1v) is 9.83. The lowest BCUT2D eigenvalue weighted by Crippen LogP contribution is -2.50. The van der Waals surface area contributed by atoms with Gasteiger partial charge in [-0.1, -0.05) is 67.2 Å². The number of carboxylic acids is 1. The summed E-state index contributed by atoms with van der Waals surface area (Å²) in [5.41, 5.74) is 2.23. The molecule has 1 amide bonds. The number of aliphatic carboxylic acids is 1. The minimum absolute atomic E-state index is 0.0934. The Morgan fingerprint density at radius 1 is 1.11 bits per heavy atom. The van der Waals surface area contributed by atoms with Gasteiger partial charge in [0.05, 0.1) is 0 Å². The third kappa shape index (κ3) is 4.22. The maximum Gasteiger partial charge on any atom is 0.326 e. The Kier molecular flexibility index (Phi) is 5.96. The lowest BCUT2D eigenvalue weighted by molar-refractivity contribution is -0.140. The average molecular weight is 383 g/mol. The van der Waals surface area contributed by atoms with Gasteiger partial charge < -0.3 is 5.11 Å². The highest BCUT2D eigenvalue weighted by atomic mass is 32.2. The lowest BCUT2D eigenvalue weighted by atomic mass is 9.94. The van der Waals surface area contributed by atoms with Crippen molar-refractivity contribution in [3.63, 3.8) is 0 Å². The van der Waals surface area contributed by atoms with Crippen LogP contribution in [0.2, 0.25) is 0 Å². The third-order valence-corrected chi connectivity index (χ3v) is 5.83. The lowest BCUT2D eigenvalue weighted by Gasteiger charge is -2.36.